The van der Waals surface area contributed by atoms with E-state index < -0.39 is 23.4 Å². The molecule has 1 unspecified atom stereocenters. The topological polar surface area (TPSA) is 29.5 Å². The summed E-state index contributed by atoms with van der Waals surface area (Å²) in [4.78, 5) is 0. The third-order valence-electron chi connectivity index (χ3n) is 3.93. The van der Waals surface area contributed by atoms with Gasteiger partial charge in [-0.3, -0.25) is 0 Å². The minimum Gasteiger partial charge on any atom is -0.385 e. The molecule has 1 aromatic carbocycles. The Balaban J connectivity index is 2.21. The Labute approximate surface area is 116 Å². The monoisotopic (exact) mass is 288 g/mol. The van der Waals surface area contributed by atoms with Gasteiger partial charge >= 0.3 is 6.18 Å². The molecule has 1 aliphatic carbocycles. The van der Waals surface area contributed by atoms with Crippen LogP contribution in [0.3, 0.4) is 0 Å². The van der Waals surface area contributed by atoms with Crippen LogP contribution in [0.2, 0.25) is 0 Å². The second kappa shape index (κ2) is 5.74. The second-order valence-electron chi connectivity index (χ2n) is 5.23. The van der Waals surface area contributed by atoms with Gasteiger partial charge in [0.2, 0.25) is 0 Å². The molecule has 1 atom stereocenters. The van der Waals surface area contributed by atoms with E-state index in [1.165, 1.54) is 12.1 Å². The molecule has 1 aliphatic rings. The highest BCUT2D eigenvalue weighted by molar-refractivity contribution is 5.28. The molecule has 2 rings (SSSR count). The van der Waals surface area contributed by atoms with E-state index in [0.717, 1.165) is 37.8 Å². The number of benzene rings is 1. The average Bonchev–Trinajstić information content (AvgIpc) is 2.87. The zero-order valence-electron chi connectivity index (χ0n) is 11.4. The van der Waals surface area contributed by atoms with Gasteiger partial charge in [-0.1, -0.05) is 25.0 Å². The van der Waals surface area contributed by atoms with Gasteiger partial charge in [0, 0.05) is 6.61 Å². The van der Waals surface area contributed by atoms with E-state index >= 15 is 0 Å². The molecule has 0 saturated heterocycles. The van der Waals surface area contributed by atoms with Crippen molar-refractivity contribution in [1.82, 2.24) is 0 Å². The number of hydrogen-bond donors (Lipinski definition) is 1. The van der Waals surface area contributed by atoms with Gasteiger partial charge in [-0.05, 0) is 37.5 Å². The van der Waals surface area contributed by atoms with Gasteiger partial charge in [0.25, 0.3) is 0 Å². The van der Waals surface area contributed by atoms with E-state index in [4.69, 9.17) is 4.74 Å². The highest BCUT2D eigenvalue weighted by Gasteiger charge is 2.42. The van der Waals surface area contributed by atoms with Gasteiger partial charge in [-0.25, -0.2) is 0 Å². The van der Waals surface area contributed by atoms with E-state index in [9.17, 15) is 18.3 Å². The molecule has 0 bridgehead atoms. The Bertz CT molecular complexity index is 433. The van der Waals surface area contributed by atoms with Crippen molar-refractivity contribution in [1.29, 1.82) is 0 Å². The van der Waals surface area contributed by atoms with Gasteiger partial charge in [-0.15, -0.1) is 0 Å². The Morgan fingerprint density at radius 3 is 2.20 bits per heavy atom. The average molecular weight is 288 g/mol. The van der Waals surface area contributed by atoms with E-state index in [-0.39, 0.29) is 0 Å². The maximum Gasteiger partial charge on any atom is 0.416 e. The molecule has 0 radical (unpaired) electrons. The van der Waals surface area contributed by atoms with Crippen LogP contribution < -0.4 is 0 Å². The Kier molecular flexibility index (Phi) is 4.39. The van der Waals surface area contributed by atoms with Crippen molar-refractivity contribution >= 4 is 0 Å². The summed E-state index contributed by atoms with van der Waals surface area (Å²) < 4.78 is 43.3. The summed E-state index contributed by atoms with van der Waals surface area (Å²) in [5.74, 6) is 0. The number of alkyl halides is 3. The fourth-order valence-electron chi connectivity index (χ4n) is 2.92. The predicted octanol–water partition coefficient (Wildman–Crippen LogP) is 4.09. The SMILES string of the molecule is CCOC1(C(O)c2ccc(C(F)(F)F)cc2)CCCC1. The van der Waals surface area contributed by atoms with Crippen molar-refractivity contribution in [3.05, 3.63) is 35.4 Å². The lowest BCUT2D eigenvalue weighted by atomic mass is 9.89. The summed E-state index contributed by atoms with van der Waals surface area (Å²) in [6.07, 6.45) is -1.82. The van der Waals surface area contributed by atoms with Crippen LogP contribution in [-0.4, -0.2) is 17.3 Å². The number of rotatable bonds is 4. The van der Waals surface area contributed by atoms with Crippen molar-refractivity contribution in [2.24, 2.45) is 0 Å². The zero-order valence-corrected chi connectivity index (χ0v) is 11.4. The van der Waals surface area contributed by atoms with Gasteiger partial charge in [0.1, 0.15) is 6.10 Å². The molecule has 0 amide bonds. The number of aliphatic hydroxyl groups is 1. The van der Waals surface area contributed by atoms with Gasteiger partial charge in [0.05, 0.1) is 11.2 Å². The highest BCUT2D eigenvalue weighted by atomic mass is 19.4. The maximum absolute atomic E-state index is 12.5. The quantitative estimate of drug-likeness (QED) is 0.904. The molecular weight excluding hydrogens is 269 g/mol. The number of aliphatic hydroxyl groups excluding tert-OH is 1. The van der Waals surface area contributed by atoms with Crippen LogP contribution in [-0.2, 0) is 10.9 Å². The smallest absolute Gasteiger partial charge is 0.385 e. The van der Waals surface area contributed by atoms with Crippen LogP contribution in [0.25, 0.3) is 0 Å². The minimum atomic E-state index is -4.35. The largest absolute Gasteiger partial charge is 0.416 e. The maximum atomic E-state index is 12.5. The van der Waals surface area contributed by atoms with E-state index in [2.05, 4.69) is 0 Å². The first-order valence-corrected chi connectivity index (χ1v) is 6.88. The molecular formula is C15H19F3O2. The van der Waals surface area contributed by atoms with Crippen LogP contribution in [0, 0.1) is 0 Å². The van der Waals surface area contributed by atoms with Crippen molar-refractivity contribution in [3.63, 3.8) is 0 Å². The first-order valence-electron chi connectivity index (χ1n) is 6.88. The summed E-state index contributed by atoms with van der Waals surface area (Å²) >= 11 is 0. The highest BCUT2D eigenvalue weighted by Crippen LogP contribution is 2.43. The van der Waals surface area contributed by atoms with Gasteiger partial charge < -0.3 is 9.84 Å². The molecule has 1 saturated carbocycles. The predicted molar refractivity (Wildman–Crippen MR) is 69.2 cm³/mol. The molecule has 20 heavy (non-hydrogen) atoms. The fourth-order valence-corrected chi connectivity index (χ4v) is 2.92. The van der Waals surface area contributed by atoms with Crippen LogP contribution in [0.4, 0.5) is 13.2 Å². The van der Waals surface area contributed by atoms with E-state index in [1.807, 2.05) is 6.92 Å². The number of hydrogen-bond acceptors (Lipinski definition) is 2. The molecule has 0 aromatic heterocycles. The van der Waals surface area contributed by atoms with Crippen LogP contribution in [0.5, 0.6) is 0 Å². The number of ether oxygens (including phenoxy) is 1. The van der Waals surface area contributed by atoms with Gasteiger partial charge in [0.15, 0.2) is 0 Å². The third-order valence-corrected chi connectivity index (χ3v) is 3.93. The molecule has 112 valence electrons. The third kappa shape index (κ3) is 2.99. The summed E-state index contributed by atoms with van der Waals surface area (Å²) in [5, 5.41) is 10.5. The first-order chi connectivity index (χ1) is 9.39. The molecule has 1 N–H and O–H groups in total. The van der Waals surface area contributed by atoms with Crippen molar-refractivity contribution < 1.29 is 23.0 Å². The fraction of sp³-hybridized carbons (Fsp3) is 0.600. The minimum absolute atomic E-state index is 0.480. The Morgan fingerprint density at radius 1 is 1.20 bits per heavy atom. The normalized spacial score (nSPS) is 20.1. The van der Waals surface area contributed by atoms with E-state index in [0.29, 0.717) is 12.2 Å². The summed E-state index contributed by atoms with van der Waals surface area (Å²) in [7, 11) is 0. The van der Waals surface area contributed by atoms with Gasteiger partial charge in [-0.2, -0.15) is 13.2 Å². The zero-order chi connectivity index (χ0) is 14.8. The first kappa shape index (κ1) is 15.3. The summed E-state index contributed by atoms with van der Waals surface area (Å²) in [5.41, 5.74) is -0.868. The molecule has 1 aromatic rings. The summed E-state index contributed by atoms with van der Waals surface area (Å²) in [6.45, 7) is 2.34. The lowest BCUT2D eigenvalue weighted by Gasteiger charge is -2.34. The molecule has 5 heteroatoms. The Hall–Kier alpha value is -1.07. The van der Waals surface area contributed by atoms with Crippen molar-refractivity contribution in [2.75, 3.05) is 6.61 Å². The lowest BCUT2D eigenvalue weighted by Crippen LogP contribution is -2.36. The van der Waals surface area contributed by atoms with Crippen LogP contribution >= 0.6 is 0 Å². The molecule has 1 fully saturated rings. The van der Waals surface area contributed by atoms with E-state index in [1.54, 1.807) is 0 Å². The van der Waals surface area contributed by atoms with Crippen LogP contribution in [0.15, 0.2) is 24.3 Å². The summed E-state index contributed by atoms with van der Waals surface area (Å²) in [6, 6.07) is 4.69. The lowest BCUT2D eigenvalue weighted by molar-refractivity contribution is -0.137. The molecule has 2 nitrogen and oxygen atoms in total. The van der Waals surface area contributed by atoms with Crippen LogP contribution in [0.1, 0.15) is 49.8 Å². The molecule has 0 heterocycles. The molecule has 0 aliphatic heterocycles. The van der Waals surface area contributed by atoms with Crippen molar-refractivity contribution in [3.8, 4) is 0 Å². The number of halogens is 3. The Morgan fingerprint density at radius 2 is 1.75 bits per heavy atom. The molecule has 0 spiro atoms. The standard InChI is InChI=1S/C15H19F3O2/c1-2-20-14(9-3-4-10-14)13(19)11-5-7-12(8-6-11)15(16,17)18/h5-8,13,19H,2-4,9-10H2,1H3. The van der Waals surface area contributed by atoms with Crippen molar-refractivity contribution in [2.45, 2.75) is 50.5 Å². The second-order valence-corrected chi connectivity index (χ2v) is 5.23.